The summed E-state index contributed by atoms with van der Waals surface area (Å²) in [5.41, 5.74) is 1.01. The maximum Gasteiger partial charge on any atom is 0.242 e. The van der Waals surface area contributed by atoms with Crippen molar-refractivity contribution in [2.45, 2.75) is 50.0 Å². The van der Waals surface area contributed by atoms with E-state index < -0.39 is 10.0 Å². The molecule has 0 heterocycles. The molecule has 0 spiro atoms. The Morgan fingerprint density at radius 3 is 2.33 bits per heavy atom. The fourth-order valence-electron chi connectivity index (χ4n) is 2.80. The number of nitrogens with zero attached hydrogens (tertiary/aromatic N) is 1. The van der Waals surface area contributed by atoms with Crippen LogP contribution in [0.2, 0.25) is 0 Å². The van der Waals surface area contributed by atoms with Crippen LogP contribution >= 0.6 is 0 Å². The standard InChI is InChI=1S/C16H26N2O2S/c1-13-5-4-6-14(8-7-13)17-15-9-11-16(12-10-15)21(19,20)18(2)3/h9-14,17H,4-8H2,1-3H3. The van der Waals surface area contributed by atoms with Gasteiger partial charge in [0.05, 0.1) is 4.90 Å². The molecule has 0 aromatic heterocycles. The predicted molar refractivity (Wildman–Crippen MR) is 87.0 cm³/mol. The van der Waals surface area contributed by atoms with Crippen LogP contribution in [-0.2, 0) is 10.0 Å². The highest BCUT2D eigenvalue weighted by atomic mass is 32.2. The molecule has 118 valence electrons. The molecule has 0 radical (unpaired) electrons. The minimum absolute atomic E-state index is 0.340. The van der Waals surface area contributed by atoms with Crippen molar-refractivity contribution in [2.75, 3.05) is 19.4 Å². The third-order valence-corrected chi connectivity index (χ3v) is 6.09. The SMILES string of the molecule is CC1CCCC(Nc2ccc(S(=O)(=O)N(C)C)cc2)CC1. The minimum Gasteiger partial charge on any atom is -0.382 e. The van der Waals surface area contributed by atoms with Gasteiger partial charge in [-0.25, -0.2) is 12.7 Å². The second-order valence-electron chi connectivity index (χ2n) is 6.27. The summed E-state index contributed by atoms with van der Waals surface area (Å²) < 4.78 is 25.3. The molecule has 0 bridgehead atoms. The fraction of sp³-hybridized carbons (Fsp3) is 0.625. The van der Waals surface area contributed by atoms with E-state index in [1.165, 1.54) is 36.4 Å². The number of nitrogens with one attached hydrogen (secondary N) is 1. The van der Waals surface area contributed by atoms with E-state index >= 15 is 0 Å². The molecule has 1 aliphatic rings. The molecule has 0 saturated heterocycles. The number of benzene rings is 1. The van der Waals surface area contributed by atoms with E-state index in [-0.39, 0.29) is 0 Å². The monoisotopic (exact) mass is 310 g/mol. The summed E-state index contributed by atoms with van der Waals surface area (Å²) in [6.07, 6.45) is 6.25. The Balaban J connectivity index is 2.03. The van der Waals surface area contributed by atoms with E-state index in [1.807, 2.05) is 12.1 Å². The first-order chi connectivity index (χ1) is 9.89. The summed E-state index contributed by atoms with van der Waals surface area (Å²) in [7, 11) is -0.235. The van der Waals surface area contributed by atoms with Crippen LogP contribution < -0.4 is 5.32 Å². The lowest BCUT2D eigenvalue weighted by atomic mass is 10.0. The average molecular weight is 310 g/mol. The van der Waals surface area contributed by atoms with Crippen molar-refractivity contribution in [3.63, 3.8) is 0 Å². The smallest absolute Gasteiger partial charge is 0.242 e. The predicted octanol–water partition coefficient (Wildman–Crippen LogP) is 3.32. The average Bonchev–Trinajstić information content (AvgIpc) is 2.64. The number of rotatable bonds is 4. The molecule has 1 saturated carbocycles. The number of hydrogen-bond donors (Lipinski definition) is 1. The minimum atomic E-state index is -3.33. The van der Waals surface area contributed by atoms with Gasteiger partial charge in [-0.15, -0.1) is 0 Å². The van der Waals surface area contributed by atoms with Gasteiger partial charge < -0.3 is 5.32 Å². The largest absolute Gasteiger partial charge is 0.382 e. The second-order valence-corrected chi connectivity index (χ2v) is 8.42. The first-order valence-electron chi connectivity index (χ1n) is 7.68. The molecule has 1 aromatic carbocycles. The molecular weight excluding hydrogens is 284 g/mol. The summed E-state index contributed by atoms with van der Waals surface area (Å²) in [5.74, 6) is 0.824. The Kier molecular flexibility index (Phi) is 5.27. The summed E-state index contributed by atoms with van der Waals surface area (Å²) in [6.45, 7) is 2.32. The number of sulfonamides is 1. The van der Waals surface area contributed by atoms with Crippen molar-refractivity contribution >= 4 is 15.7 Å². The molecule has 0 aliphatic heterocycles. The zero-order valence-corrected chi connectivity index (χ0v) is 14.0. The van der Waals surface area contributed by atoms with Gasteiger partial charge >= 0.3 is 0 Å². The van der Waals surface area contributed by atoms with E-state index in [4.69, 9.17) is 0 Å². The second kappa shape index (κ2) is 6.79. The van der Waals surface area contributed by atoms with Gasteiger partial charge in [0, 0.05) is 25.8 Å². The molecule has 1 fully saturated rings. The molecule has 1 aromatic rings. The van der Waals surface area contributed by atoms with Gasteiger partial charge in [-0.1, -0.05) is 19.8 Å². The lowest BCUT2D eigenvalue weighted by Crippen LogP contribution is -2.22. The molecular formula is C16H26N2O2S. The van der Waals surface area contributed by atoms with Gasteiger partial charge in [0.2, 0.25) is 10.0 Å². The molecule has 2 unspecified atom stereocenters. The van der Waals surface area contributed by atoms with Gasteiger partial charge in [-0.05, 0) is 49.4 Å². The molecule has 0 amide bonds. The van der Waals surface area contributed by atoms with Gasteiger partial charge in [0.1, 0.15) is 0 Å². The summed E-state index contributed by atoms with van der Waals surface area (Å²) in [4.78, 5) is 0.340. The van der Waals surface area contributed by atoms with E-state index in [2.05, 4.69) is 12.2 Å². The van der Waals surface area contributed by atoms with Crippen molar-refractivity contribution in [1.29, 1.82) is 0 Å². The maximum absolute atomic E-state index is 12.0. The van der Waals surface area contributed by atoms with Crippen LogP contribution in [0.1, 0.15) is 39.0 Å². The van der Waals surface area contributed by atoms with E-state index in [9.17, 15) is 8.42 Å². The van der Waals surface area contributed by atoms with Crippen LogP contribution in [0, 0.1) is 5.92 Å². The van der Waals surface area contributed by atoms with E-state index in [0.717, 1.165) is 11.6 Å². The van der Waals surface area contributed by atoms with Crippen molar-refractivity contribution in [2.24, 2.45) is 5.92 Å². The summed E-state index contributed by atoms with van der Waals surface area (Å²) in [5, 5.41) is 3.54. The van der Waals surface area contributed by atoms with E-state index in [0.29, 0.717) is 10.9 Å². The van der Waals surface area contributed by atoms with Gasteiger partial charge in [-0.3, -0.25) is 0 Å². The zero-order chi connectivity index (χ0) is 15.5. The van der Waals surface area contributed by atoms with Crippen LogP contribution in [0.25, 0.3) is 0 Å². The fourth-order valence-corrected chi connectivity index (χ4v) is 3.70. The Morgan fingerprint density at radius 1 is 1.05 bits per heavy atom. The third-order valence-electron chi connectivity index (χ3n) is 4.26. The lowest BCUT2D eigenvalue weighted by molar-refractivity contribution is 0.502. The van der Waals surface area contributed by atoms with Crippen molar-refractivity contribution in [3.8, 4) is 0 Å². The first kappa shape index (κ1) is 16.3. The topological polar surface area (TPSA) is 49.4 Å². The molecule has 2 rings (SSSR count). The first-order valence-corrected chi connectivity index (χ1v) is 9.12. The van der Waals surface area contributed by atoms with Crippen molar-refractivity contribution < 1.29 is 8.42 Å². The van der Waals surface area contributed by atoms with Crippen LogP contribution in [0.4, 0.5) is 5.69 Å². The Labute approximate surface area is 128 Å². The number of hydrogen-bond acceptors (Lipinski definition) is 3. The molecule has 21 heavy (non-hydrogen) atoms. The molecule has 1 aliphatic carbocycles. The van der Waals surface area contributed by atoms with Crippen molar-refractivity contribution in [1.82, 2.24) is 4.31 Å². The van der Waals surface area contributed by atoms with Gasteiger partial charge in [0.25, 0.3) is 0 Å². The highest BCUT2D eigenvalue weighted by Crippen LogP contribution is 2.25. The quantitative estimate of drug-likeness (QED) is 0.868. The zero-order valence-electron chi connectivity index (χ0n) is 13.2. The van der Waals surface area contributed by atoms with Crippen molar-refractivity contribution in [3.05, 3.63) is 24.3 Å². The summed E-state index contributed by atoms with van der Waals surface area (Å²) >= 11 is 0. The Hall–Kier alpha value is -1.07. The molecule has 2 atom stereocenters. The Bertz CT molecular complexity index is 552. The molecule has 5 heteroatoms. The van der Waals surface area contributed by atoms with E-state index in [1.54, 1.807) is 26.2 Å². The molecule has 1 N–H and O–H groups in total. The highest BCUT2D eigenvalue weighted by Gasteiger charge is 2.18. The Morgan fingerprint density at radius 2 is 1.71 bits per heavy atom. The van der Waals surface area contributed by atoms with Gasteiger partial charge in [0.15, 0.2) is 0 Å². The molecule has 4 nitrogen and oxygen atoms in total. The van der Waals surface area contributed by atoms with Gasteiger partial charge in [-0.2, -0.15) is 0 Å². The van der Waals surface area contributed by atoms with Crippen LogP contribution in [0.3, 0.4) is 0 Å². The van der Waals surface area contributed by atoms with Crippen LogP contribution in [0.5, 0.6) is 0 Å². The highest BCUT2D eigenvalue weighted by molar-refractivity contribution is 7.89. The number of anilines is 1. The maximum atomic E-state index is 12.0. The lowest BCUT2D eigenvalue weighted by Gasteiger charge is -2.18. The normalized spacial score (nSPS) is 23.8. The summed E-state index contributed by atoms with van der Waals surface area (Å²) in [6, 6.07) is 7.59. The van der Waals surface area contributed by atoms with Crippen LogP contribution in [0.15, 0.2) is 29.2 Å². The third kappa shape index (κ3) is 4.20. The van der Waals surface area contributed by atoms with Crippen LogP contribution in [-0.4, -0.2) is 32.9 Å².